The van der Waals surface area contributed by atoms with E-state index in [-0.39, 0.29) is 0 Å². The summed E-state index contributed by atoms with van der Waals surface area (Å²) < 4.78 is 21.4. The van der Waals surface area contributed by atoms with E-state index in [2.05, 4.69) is 16.5 Å². The van der Waals surface area contributed by atoms with E-state index in [1.807, 2.05) is 0 Å². The zero-order valence-electron chi connectivity index (χ0n) is 2.45. The summed E-state index contributed by atoms with van der Waals surface area (Å²) >= 11 is 3.85. The quantitative estimate of drug-likeness (QED) is 0.277. The van der Waals surface area contributed by atoms with Gasteiger partial charge in [-0.15, -0.1) is 0 Å². The normalized spacial score (nSPS) is 12.0. The van der Waals surface area contributed by atoms with Crippen molar-refractivity contribution in [3.8, 4) is 0 Å². The van der Waals surface area contributed by atoms with E-state index in [9.17, 15) is 8.78 Å². The van der Waals surface area contributed by atoms with Crippen LogP contribution in [0.5, 0.6) is 0 Å². The van der Waals surface area contributed by atoms with Crippen LogP contribution in [0.25, 0.3) is 0 Å². The Morgan fingerprint density at radius 1 is 1.67 bits per heavy atom. The fourth-order valence-electron chi connectivity index (χ4n) is 0. The number of hydrogen-bond donors (Lipinski definition) is 0. The first-order valence-electron chi connectivity index (χ1n) is 0.938. The van der Waals surface area contributed by atoms with Gasteiger partial charge >= 0.3 is 5.57 Å². The van der Waals surface area contributed by atoms with Crippen molar-refractivity contribution in [2.24, 2.45) is 0 Å². The second kappa shape index (κ2) is 1.68. The molecule has 0 amide bonds. The molecule has 0 saturated heterocycles. The van der Waals surface area contributed by atoms with E-state index in [4.69, 9.17) is 5.26 Å². The van der Waals surface area contributed by atoms with E-state index in [0.29, 0.717) is 0 Å². The molecule has 0 aliphatic heterocycles. The Morgan fingerprint density at radius 3 is 1.83 bits per heavy atom. The average Bonchev–Trinajstić information content (AvgIpc) is 1.35. The smallest absolute Gasteiger partial charge is 0.431 e. The van der Waals surface area contributed by atoms with E-state index < -0.39 is 5.57 Å². The zero-order valence-corrected chi connectivity index (χ0v) is 3.21. The molecule has 0 spiro atoms. The predicted octanol–water partition coefficient (Wildman–Crippen LogP) is 0.0674. The third-order valence-corrected chi connectivity index (χ3v) is 0.157. The van der Waals surface area contributed by atoms with Crippen molar-refractivity contribution in [2.75, 3.05) is 0 Å². The topological polar surface area (TPSA) is 32.3 Å². The highest BCUT2D eigenvalue weighted by Crippen LogP contribution is 2.15. The molecule has 6 heavy (non-hydrogen) atoms. The van der Waals surface area contributed by atoms with Crippen LogP contribution in [0.2, 0.25) is 0 Å². The second-order valence-corrected chi connectivity index (χ2v) is 0.969. The van der Waals surface area contributed by atoms with Gasteiger partial charge in [-0.05, 0) is 11.6 Å². The van der Waals surface area contributed by atoms with Crippen LogP contribution in [-0.4, -0.2) is 5.57 Å². The van der Waals surface area contributed by atoms with Gasteiger partial charge in [-0.2, -0.15) is 8.78 Å². The van der Waals surface area contributed by atoms with Crippen molar-refractivity contribution >= 4 is 11.6 Å². The van der Waals surface area contributed by atoms with Crippen molar-refractivity contribution in [3.63, 3.8) is 0 Å². The van der Waals surface area contributed by atoms with Crippen LogP contribution in [0.15, 0.2) is 0 Å². The summed E-state index contributed by atoms with van der Waals surface area (Å²) in [5.74, 6) is 0. The number of hydrogen-bond acceptors (Lipinski definition) is 2. The molecule has 0 radical (unpaired) electrons. The maximum Gasteiger partial charge on any atom is 0.431 e. The minimum Gasteiger partial charge on any atom is -0.718 e. The molecule has 0 aliphatic carbocycles. The highest BCUT2D eigenvalue weighted by Gasteiger charge is 2.19. The lowest BCUT2D eigenvalue weighted by Crippen LogP contribution is -2.20. The summed E-state index contributed by atoms with van der Waals surface area (Å²) in [6, 6.07) is 0. The van der Waals surface area contributed by atoms with Crippen LogP contribution < -0.4 is 5.26 Å². The molecule has 0 aliphatic rings. The first-order valence-corrected chi connectivity index (χ1v) is 1.32. The maximum absolute atomic E-state index is 10.7. The van der Waals surface area contributed by atoms with Gasteiger partial charge in [0.1, 0.15) is 0 Å². The fraction of sp³-hybridized carbons (Fsp3) is 1.00. The van der Waals surface area contributed by atoms with E-state index in [0.717, 1.165) is 0 Å². The summed E-state index contributed by atoms with van der Waals surface area (Å²) in [5.41, 5.74) is -4.04. The van der Waals surface area contributed by atoms with Gasteiger partial charge in [-0.25, -0.2) is 0 Å². The Kier molecular flexibility index (Phi) is 1.70. The Balaban J connectivity index is 3.17. The molecular formula is CClF2O2-. The lowest BCUT2D eigenvalue weighted by Gasteiger charge is -2.09. The van der Waals surface area contributed by atoms with Crippen LogP contribution in [0.4, 0.5) is 8.78 Å². The predicted molar refractivity (Wildman–Crippen MR) is 11.9 cm³/mol. The third-order valence-electron chi connectivity index (χ3n) is 0.0945. The SMILES string of the molecule is [O-]OC(F)(F)Cl. The van der Waals surface area contributed by atoms with Crippen LogP contribution in [0.3, 0.4) is 0 Å². The summed E-state index contributed by atoms with van der Waals surface area (Å²) in [7, 11) is 0. The molecule has 0 rings (SSSR count). The van der Waals surface area contributed by atoms with E-state index in [1.165, 1.54) is 0 Å². The van der Waals surface area contributed by atoms with Gasteiger partial charge in [0.15, 0.2) is 0 Å². The molecule has 0 aromatic heterocycles. The molecular weight excluding hydrogens is 117 g/mol. The fourth-order valence-corrected chi connectivity index (χ4v) is 0. The molecule has 0 atom stereocenters. The molecule has 0 aromatic carbocycles. The molecule has 0 aromatic rings. The van der Waals surface area contributed by atoms with Crippen molar-refractivity contribution in [1.29, 1.82) is 0 Å². The summed E-state index contributed by atoms with van der Waals surface area (Å²) in [6.45, 7) is 0. The average molecular weight is 117 g/mol. The van der Waals surface area contributed by atoms with Crippen molar-refractivity contribution < 1.29 is 18.9 Å². The minimum atomic E-state index is -4.04. The van der Waals surface area contributed by atoms with Crippen molar-refractivity contribution in [2.45, 2.75) is 5.57 Å². The Morgan fingerprint density at radius 2 is 1.83 bits per heavy atom. The minimum absolute atomic E-state index is 2.12. The van der Waals surface area contributed by atoms with Gasteiger partial charge in [-0.1, -0.05) is 0 Å². The van der Waals surface area contributed by atoms with E-state index >= 15 is 0 Å². The lowest BCUT2D eigenvalue weighted by molar-refractivity contribution is -0.731. The lowest BCUT2D eigenvalue weighted by atomic mass is 11.5. The Bertz CT molecular complexity index is 41.3. The van der Waals surface area contributed by atoms with Gasteiger partial charge in [0.2, 0.25) is 0 Å². The number of halogens is 3. The van der Waals surface area contributed by atoms with Crippen LogP contribution in [0.1, 0.15) is 0 Å². The van der Waals surface area contributed by atoms with Gasteiger partial charge in [0.05, 0.1) is 0 Å². The first kappa shape index (κ1) is 6.07. The number of rotatable bonds is 1. The van der Waals surface area contributed by atoms with Crippen LogP contribution in [0, 0.1) is 0 Å². The maximum atomic E-state index is 10.7. The van der Waals surface area contributed by atoms with Gasteiger partial charge in [0, 0.05) is 0 Å². The molecule has 0 bridgehead atoms. The van der Waals surface area contributed by atoms with Gasteiger partial charge < -0.3 is 10.1 Å². The van der Waals surface area contributed by atoms with E-state index in [1.54, 1.807) is 0 Å². The molecule has 2 nitrogen and oxygen atoms in total. The zero-order chi connectivity index (χ0) is 5.21. The summed E-state index contributed by atoms with van der Waals surface area (Å²) in [4.78, 5) is 2.12. The molecule has 5 heteroatoms. The third kappa shape index (κ3) is 4.07. The highest BCUT2D eigenvalue weighted by atomic mass is 35.5. The molecule has 38 valence electrons. The highest BCUT2D eigenvalue weighted by molar-refractivity contribution is 6.20. The first-order chi connectivity index (χ1) is 2.56. The van der Waals surface area contributed by atoms with Crippen LogP contribution >= 0.6 is 11.6 Å². The Hall–Kier alpha value is 0.0700. The van der Waals surface area contributed by atoms with Crippen LogP contribution in [-0.2, 0) is 4.89 Å². The van der Waals surface area contributed by atoms with Gasteiger partial charge in [0.25, 0.3) is 0 Å². The summed E-state index contributed by atoms with van der Waals surface area (Å²) in [6.07, 6.45) is 0. The molecule has 0 unspecified atom stereocenters. The molecule has 0 N–H and O–H groups in total. The molecule has 0 heterocycles. The van der Waals surface area contributed by atoms with Gasteiger partial charge in [-0.3, -0.25) is 0 Å². The summed E-state index contributed by atoms with van der Waals surface area (Å²) in [5, 5.41) is 8.57. The van der Waals surface area contributed by atoms with Crippen molar-refractivity contribution in [3.05, 3.63) is 0 Å². The monoisotopic (exact) mass is 117 g/mol. The number of alkyl halides is 3. The largest absolute Gasteiger partial charge is 0.718 e. The Labute approximate surface area is 37.2 Å². The second-order valence-electron chi connectivity index (χ2n) is 0.529. The van der Waals surface area contributed by atoms with Crippen molar-refractivity contribution in [1.82, 2.24) is 0 Å². The standard InChI is InChI=1S/CHClF2O2/c2-1(3,4)6-5/h5H/p-1. The molecule has 0 fully saturated rings. The molecule has 0 saturated carbocycles.